The molecule has 0 bridgehead atoms. The van der Waals surface area contributed by atoms with Crippen LogP contribution >= 0.6 is 0 Å². The number of benzene rings is 2. The Bertz CT molecular complexity index is 1560. The van der Waals surface area contributed by atoms with E-state index in [2.05, 4.69) is 22.4 Å². The minimum absolute atomic E-state index is 0.219. The minimum Gasteiger partial charge on any atom is -0.496 e. The summed E-state index contributed by atoms with van der Waals surface area (Å²) in [6.45, 7) is 1.08. The summed E-state index contributed by atoms with van der Waals surface area (Å²) < 4.78 is 30.7. The number of aromatic nitrogens is 2. The number of nitrogens with one attached hydrogen (secondary N) is 2. The van der Waals surface area contributed by atoms with Gasteiger partial charge in [0.15, 0.2) is 0 Å². The highest BCUT2D eigenvalue weighted by molar-refractivity contribution is 7.88. The molecule has 2 N–H and O–H groups in total. The molecule has 186 valence electrons. The summed E-state index contributed by atoms with van der Waals surface area (Å²) in [6.07, 6.45) is 4.48. The maximum absolute atomic E-state index is 12.7. The van der Waals surface area contributed by atoms with Crippen LogP contribution in [0.2, 0.25) is 0 Å². The van der Waals surface area contributed by atoms with Crippen molar-refractivity contribution < 1.29 is 13.2 Å². The summed E-state index contributed by atoms with van der Waals surface area (Å²) in [5.41, 5.74) is 3.29. The van der Waals surface area contributed by atoms with Gasteiger partial charge in [-0.1, -0.05) is 24.3 Å². The zero-order chi connectivity index (χ0) is 25.3. The minimum atomic E-state index is -3.14. The van der Waals surface area contributed by atoms with Crippen LogP contribution in [-0.4, -0.2) is 49.1 Å². The molecule has 3 heterocycles. The maximum atomic E-state index is 12.7. The van der Waals surface area contributed by atoms with E-state index in [1.165, 1.54) is 11.8 Å². The molecule has 0 unspecified atom stereocenters. The second-order valence-corrected chi connectivity index (χ2v) is 11.0. The van der Waals surface area contributed by atoms with E-state index in [-0.39, 0.29) is 5.56 Å². The first-order valence-corrected chi connectivity index (χ1v) is 13.7. The van der Waals surface area contributed by atoms with Crippen LogP contribution in [0.4, 0.5) is 11.5 Å². The first-order valence-electron chi connectivity index (χ1n) is 11.8. The third-order valence-electron chi connectivity index (χ3n) is 6.71. The van der Waals surface area contributed by atoms with Crippen molar-refractivity contribution in [3.8, 4) is 17.0 Å². The van der Waals surface area contributed by atoms with Crippen LogP contribution in [-0.2, 0) is 10.0 Å². The van der Waals surface area contributed by atoms with Gasteiger partial charge in [0.1, 0.15) is 11.6 Å². The topological polar surface area (TPSA) is 104 Å². The second-order valence-electron chi connectivity index (χ2n) is 9.01. The SMILES string of the molecule is COc1ccccc1-c1cc2cc[nH]c(=O)c2c(Nc2ccc(C3CCN(S(C)(=O)=O)CC3)cc2)n1. The van der Waals surface area contributed by atoms with E-state index in [1.54, 1.807) is 17.6 Å². The summed E-state index contributed by atoms with van der Waals surface area (Å²) in [4.78, 5) is 20.3. The number of pyridine rings is 2. The van der Waals surface area contributed by atoms with Crippen LogP contribution in [0, 0.1) is 0 Å². The van der Waals surface area contributed by atoms with E-state index in [4.69, 9.17) is 9.72 Å². The molecule has 36 heavy (non-hydrogen) atoms. The van der Waals surface area contributed by atoms with E-state index in [1.807, 2.05) is 48.5 Å². The van der Waals surface area contributed by atoms with Crippen LogP contribution < -0.4 is 15.6 Å². The van der Waals surface area contributed by atoms with Crippen molar-refractivity contribution >= 4 is 32.3 Å². The van der Waals surface area contributed by atoms with E-state index in [0.29, 0.717) is 41.7 Å². The van der Waals surface area contributed by atoms with Gasteiger partial charge in [-0.2, -0.15) is 0 Å². The fourth-order valence-corrected chi connectivity index (χ4v) is 5.67. The highest BCUT2D eigenvalue weighted by atomic mass is 32.2. The molecule has 2 aromatic carbocycles. The Labute approximate surface area is 210 Å². The number of rotatable bonds is 6. The molecule has 1 fully saturated rings. The number of H-pyrrole nitrogens is 1. The first-order chi connectivity index (χ1) is 17.3. The van der Waals surface area contributed by atoms with E-state index in [9.17, 15) is 13.2 Å². The fourth-order valence-electron chi connectivity index (χ4n) is 4.79. The summed E-state index contributed by atoms with van der Waals surface area (Å²) in [6, 6.07) is 19.4. The van der Waals surface area contributed by atoms with Crippen molar-refractivity contribution in [2.24, 2.45) is 0 Å². The summed E-state index contributed by atoms with van der Waals surface area (Å²) >= 11 is 0. The number of aromatic amines is 1. The average Bonchev–Trinajstić information content (AvgIpc) is 2.88. The van der Waals surface area contributed by atoms with Crippen molar-refractivity contribution in [1.82, 2.24) is 14.3 Å². The number of anilines is 2. The predicted molar refractivity (Wildman–Crippen MR) is 142 cm³/mol. The molecule has 0 saturated carbocycles. The maximum Gasteiger partial charge on any atom is 0.259 e. The van der Waals surface area contributed by atoms with Gasteiger partial charge in [-0.15, -0.1) is 0 Å². The predicted octanol–water partition coefficient (Wildman–Crippen LogP) is 4.48. The van der Waals surface area contributed by atoms with Gasteiger partial charge in [-0.05, 0) is 66.1 Å². The molecule has 5 rings (SSSR count). The van der Waals surface area contributed by atoms with Crippen molar-refractivity contribution in [1.29, 1.82) is 0 Å². The van der Waals surface area contributed by atoms with Crippen molar-refractivity contribution in [3.05, 3.63) is 82.8 Å². The third-order valence-corrected chi connectivity index (χ3v) is 8.01. The van der Waals surface area contributed by atoms with Crippen LogP contribution in [0.25, 0.3) is 22.0 Å². The Morgan fingerprint density at radius 2 is 1.78 bits per heavy atom. The zero-order valence-corrected chi connectivity index (χ0v) is 21.0. The second kappa shape index (κ2) is 9.75. The molecule has 0 aliphatic carbocycles. The number of sulfonamides is 1. The molecular weight excluding hydrogens is 476 g/mol. The Morgan fingerprint density at radius 1 is 1.06 bits per heavy atom. The number of hydrogen-bond donors (Lipinski definition) is 2. The van der Waals surface area contributed by atoms with Gasteiger partial charge in [0.05, 0.1) is 24.4 Å². The molecule has 1 saturated heterocycles. The molecule has 1 aliphatic rings. The normalized spacial score (nSPS) is 15.2. The van der Waals surface area contributed by atoms with Gasteiger partial charge in [0.25, 0.3) is 5.56 Å². The lowest BCUT2D eigenvalue weighted by Gasteiger charge is -2.30. The standard InChI is InChI=1S/C27H28N4O4S/c1-35-24-6-4-3-5-22(24)23-17-20-11-14-28-27(32)25(20)26(30-23)29-21-9-7-18(8-10-21)19-12-15-31(16-13-19)36(2,33)34/h3-11,14,17,19H,12-13,15-16H2,1-2H3,(H,28,32)(H,29,30). The zero-order valence-electron chi connectivity index (χ0n) is 20.2. The quantitative estimate of drug-likeness (QED) is 0.401. The molecule has 0 radical (unpaired) electrons. The fraction of sp³-hybridized carbons (Fsp3) is 0.259. The summed E-state index contributed by atoms with van der Waals surface area (Å²) in [5.74, 6) is 1.48. The number of piperidine rings is 1. The van der Waals surface area contributed by atoms with Crippen LogP contribution in [0.3, 0.4) is 0 Å². The molecule has 8 nitrogen and oxygen atoms in total. The first kappa shape index (κ1) is 24.0. The molecule has 9 heteroatoms. The smallest absolute Gasteiger partial charge is 0.259 e. The average molecular weight is 505 g/mol. The lowest BCUT2D eigenvalue weighted by Crippen LogP contribution is -2.37. The van der Waals surface area contributed by atoms with Gasteiger partial charge in [0.2, 0.25) is 10.0 Å². The Balaban J connectivity index is 1.44. The molecule has 0 amide bonds. The molecule has 4 aromatic rings. The van der Waals surface area contributed by atoms with Gasteiger partial charge < -0.3 is 15.0 Å². The summed E-state index contributed by atoms with van der Waals surface area (Å²) in [7, 11) is -1.52. The monoisotopic (exact) mass is 504 g/mol. The Kier molecular flexibility index (Phi) is 6.51. The van der Waals surface area contributed by atoms with E-state index < -0.39 is 10.0 Å². The highest BCUT2D eigenvalue weighted by Crippen LogP contribution is 2.34. The van der Waals surface area contributed by atoms with Crippen molar-refractivity contribution in [2.75, 3.05) is 31.8 Å². The number of ether oxygens (including phenoxy) is 1. The van der Waals surface area contributed by atoms with E-state index >= 15 is 0 Å². The van der Waals surface area contributed by atoms with Crippen LogP contribution in [0.15, 0.2) is 71.7 Å². The van der Waals surface area contributed by atoms with Crippen LogP contribution in [0.5, 0.6) is 5.75 Å². The number of para-hydroxylation sites is 1. The Morgan fingerprint density at radius 3 is 2.47 bits per heavy atom. The van der Waals surface area contributed by atoms with Crippen molar-refractivity contribution in [3.63, 3.8) is 0 Å². The van der Waals surface area contributed by atoms with Crippen LogP contribution in [0.1, 0.15) is 24.3 Å². The van der Waals surface area contributed by atoms with Gasteiger partial charge in [-0.3, -0.25) is 4.79 Å². The number of hydrogen-bond acceptors (Lipinski definition) is 6. The van der Waals surface area contributed by atoms with E-state index in [0.717, 1.165) is 29.5 Å². The largest absolute Gasteiger partial charge is 0.496 e. The third kappa shape index (κ3) is 4.84. The number of nitrogens with zero attached hydrogens (tertiary/aromatic N) is 2. The van der Waals surface area contributed by atoms with Gasteiger partial charge >= 0.3 is 0 Å². The van der Waals surface area contributed by atoms with Gasteiger partial charge in [-0.25, -0.2) is 17.7 Å². The number of fused-ring (bicyclic) bond motifs is 1. The molecule has 2 aromatic heterocycles. The molecule has 1 aliphatic heterocycles. The lowest BCUT2D eigenvalue weighted by atomic mass is 9.90. The summed E-state index contributed by atoms with van der Waals surface area (Å²) in [5, 5.41) is 4.58. The number of methoxy groups -OCH3 is 1. The molecular formula is C27H28N4O4S. The van der Waals surface area contributed by atoms with Gasteiger partial charge in [0, 0.05) is 30.5 Å². The van der Waals surface area contributed by atoms with Crippen molar-refractivity contribution in [2.45, 2.75) is 18.8 Å². The molecule has 0 spiro atoms. The molecule has 0 atom stereocenters. The lowest BCUT2D eigenvalue weighted by molar-refractivity contribution is 0.321. The Hall–Kier alpha value is -3.69. The highest BCUT2D eigenvalue weighted by Gasteiger charge is 2.25.